The van der Waals surface area contributed by atoms with Gasteiger partial charge in [0, 0.05) is 11.6 Å². The van der Waals surface area contributed by atoms with Crippen LogP contribution in [0.5, 0.6) is 0 Å². The lowest BCUT2D eigenvalue weighted by Gasteiger charge is -2.16. The number of rotatable bonds is 2. The molecule has 0 saturated heterocycles. The first-order valence-corrected chi connectivity index (χ1v) is 7.54. The molecule has 1 atom stereocenters. The standard InChI is InChI=1S/C19H18N2/c20-19(15-10-9-13-4-1-5-14(13)12-15)17-6-2-8-18-16(17)7-3-11-21-18/h2-3,6-12,19H,1,4-5,20H2. The number of hydrogen-bond donors (Lipinski definition) is 1. The molecule has 2 nitrogen and oxygen atoms in total. The van der Waals surface area contributed by atoms with Gasteiger partial charge in [0.15, 0.2) is 0 Å². The van der Waals surface area contributed by atoms with Gasteiger partial charge in [0.2, 0.25) is 0 Å². The Morgan fingerprint density at radius 1 is 0.952 bits per heavy atom. The van der Waals surface area contributed by atoms with E-state index >= 15 is 0 Å². The molecule has 0 fully saturated rings. The summed E-state index contributed by atoms with van der Waals surface area (Å²) in [5.41, 5.74) is 12.9. The summed E-state index contributed by atoms with van der Waals surface area (Å²) in [4.78, 5) is 4.42. The highest BCUT2D eigenvalue weighted by Gasteiger charge is 2.16. The molecule has 104 valence electrons. The Morgan fingerprint density at radius 3 is 2.81 bits per heavy atom. The molecule has 1 aromatic heterocycles. The molecule has 0 amide bonds. The van der Waals surface area contributed by atoms with E-state index in [2.05, 4.69) is 35.3 Å². The van der Waals surface area contributed by atoms with Gasteiger partial charge in [-0.05, 0) is 53.6 Å². The van der Waals surface area contributed by atoms with Crippen LogP contribution in [0.2, 0.25) is 0 Å². The molecule has 2 N–H and O–H groups in total. The quantitative estimate of drug-likeness (QED) is 0.772. The summed E-state index contributed by atoms with van der Waals surface area (Å²) in [6.45, 7) is 0. The number of fused-ring (bicyclic) bond motifs is 2. The largest absolute Gasteiger partial charge is 0.320 e. The zero-order valence-electron chi connectivity index (χ0n) is 11.9. The normalized spacial score (nSPS) is 15.1. The van der Waals surface area contributed by atoms with Gasteiger partial charge in [0.05, 0.1) is 11.6 Å². The minimum Gasteiger partial charge on any atom is -0.320 e. The number of aryl methyl sites for hydroxylation is 2. The molecule has 1 aliphatic carbocycles. The van der Waals surface area contributed by atoms with E-state index < -0.39 is 0 Å². The number of benzene rings is 2. The summed E-state index contributed by atoms with van der Waals surface area (Å²) in [5, 5.41) is 1.15. The molecule has 1 aliphatic rings. The molecule has 4 rings (SSSR count). The summed E-state index contributed by atoms with van der Waals surface area (Å²) in [5.74, 6) is 0. The van der Waals surface area contributed by atoms with Gasteiger partial charge in [0.1, 0.15) is 0 Å². The van der Waals surface area contributed by atoms with E-state index in [-0.39, 0.29) is 6.04 Å². The second kappa shape index (κ2) is 4.97. The van der Waals surface area contributed by atoms with Crippen molar-refractivity contribution in [1.82, 2.24) is 4.98 Å². The highest BCUT2D eigenvalue weighted by atomic mass is 14.7. The summed E-state index contributed by atoms with van der Waals surface area (Å²) in [6, 6.07) is 16.9. The Morgan fingerprint density at radius 2 is 1.86 bits per heavy atom. The molecule has 0 aliphatic heterocycles. The molecule has 1 heterocycles. The third-order valence-electron chi connectivity index (χ3n) is 4.50. The average molecular weight is 274 g/mol. The van der Waals surface area contributed by atoms with Gasteiger partial charge in [-0.1, -0.05) is 36.4 Å². The molecule has 2 aromatic carbocycles. The Kier molecular flexibility index (Phi) is 2.97. The zero-order chi connectivity index (χ0) is 14.2. The van der Waals surface area contributed by atoms with Crippen LogP contribution in [0.4, 0.5) is 0 Å². The first-order chi connectivity index (χ1) is 10.3. The fourth-order valence-corrected chi connectivity index (χ4v) is 3.36. The van der Waals surface area contributed by atoms with Crippen molar-refractivity contribution in [3.63, 3.8) is 0 Å². The Hall–Kier alpha value is -2.19. The van der Waals surface area contributed by atoms with Crippen LogP contribution in [-0.4, -0.2) is 4.98 Å². The van der Waals surface area contributed by atoms with Gasteiger partial charge in [-0.2, -0.15) is 0 Å². The van der Waals surface area contributed by atoms with E-state index in [9.17, 15) is 0 Å². The van der Waals surface area contributed by atoms with Gasteiger partial charge in [-0.3, -0.25) is 4.98 Å². The fourth-order valence-electron chi connectivity index (χ4n) is 3.36. The van der Waals surface area contributed by atoms with E-state index in [4.69, 9.17) is 5.73 Å². The number of nitrogens with zero attached hydrogens (tertiary/aromatic N) is 1. The van der Waals surface area contributed by atoms with E-state index in [1.54, 1.807) is 0 Å². The maximum atomic E-state index is 6.55. The minimum atomic E-state index is -0.0937. The predicted molar refractivity (Wildman–Crippen MR) is 86.2 cm³/mol. The third-order valence-corrected chi connectivity index (χ3v) is 4.50. The van der Waals surface area contributed by atoms with E-state index in [0.29, 0.717) is 0 Å². The van der Waals surface area contributed by atoms with Gasteiger partial charge in [-0.15, -0.1) is 0 Å². The second-order valence-electron chi connectivity index (χ2n) is 5.78. The molecule has 3 aromatic rings. The van der Waals surface area contributed by atoms with E-state index in [1.165, 1.54) is 36.0 Å². The summed E-state index contributed by atoms with van der Waals surface area (Å²) in [7, 11) is 0. The molecule has 1 unspecified atom stereocenters. The van der Waals surface area contributed by atoms with Crippen LogP contribution in [0, 0.1) is 0 Å². The van der Waals surface area contributed by atoms with Crippen LogP contribution in [0.3, 0.4) is 0 Å². The van der Waals surface area contributed by atoms with Crippen LogP contribution >= 0.6 is 0 Å². The van der Waals surface area contributed by atoms with Crippen molar-refractivity contribution in [2.24, 2.45) is 5.73 Å². The molecule has 21 heavy (non-hydrogen) atoms. The van der Waals surface area contributed by atoms with Crippen molar-refractivity contribution in [3.8, 4) is 0 Å². The Labute approximate surface area is 124 Å². The summed E-state index contributed by atoms with van der Waals surface area (Å²) < 4.78 is 0. The van der Waals surface area contributed by atoms with Gasteiger partial charge in [-0.25, -0.2) is 0 Å². The topological polar surface area (TPSA) is 38.9 Å². The number of nitrogens with two attached hydrogens (primary N) is 1. The number of pyridine rings is 1. The Balaban J connectivity index is 1.81. The van der Waals surface area contributed by atoms with E-state index in [0.717, 1.165) is 16.5 Å². The van der Waals surface area contributed by atoms with Gasteiger partial charge in [0.25, 0.3) is 0 Å². The highest BCUT2D eigenvalue weighted by Crippen LogP contribution is 2.30. The first kappa shape index (κ1) is 12.5. The second-order valence-corrected chi connectivity index (χ2v) is 5.78. The zero-order valence-corrected chi connectivity index (χ0v) is 11.9. The minimum absolute atomic E-state index is 0.0937. The van der Waals surface area contributed by atoms with Crippen LogP contribution in [0.15, 0.2) is 54.7 Å². The lowest BCUT2D eigenvalue weighted by Crippen LogP contribution is -2.12. The molecule has 0 bridgehead atoms. The monoisotopic (exact) mass is 274 g/mol. The van der Waals surface area contributed by atoms with E-state index in [1.807, 2.05) is 24.4 Å². The first-order valence-electron chi connectivity index (χ1n) is 7.54. The highest BCUT2D eigenvalue weighted by molar-refractivity contribution is 5.82. The van der Waals surface area contributed by atoms with Crippen molar-refractivity contribution in [3.05, 3.63) is 77.0 Å². The van der Waals surface area contributed by atoms with Crippen LogP contribution in [0.25, 0.3) is 10.9 Å². The van der Waals surface area contributed by atoms with Crippen molar-refractivity contribution < 1.29 is 0 Å². The van der Waals surface area contributed by atoms with Crippen molar-refractivity contribution in [2.45, 2.75) is 25.3 Å². The molecule has 0 radical (unpaired) electrons. The fraction of sp³-hybridized carbons (Fsp3) is 0.211. The van der Waals surface area contributed by atoms with Crippen molar-refractivity contribution in [1.29, 1.82) is 0 Å². The van der Waals surface area contributed by atoms with Crippen molar-refractivity contribution >= 4 is 10.9 Å². The molecular formula is C19H18N2. The maximum absolute atomic E-state index is 6.55. The van der Waals surface area contributed by atoms with Crippen molar-refractivity contribution in [2.75, 3.05) is 0 Å². The number of hydrogen-bond acceptors (Lipinski definition) is 2. The van der Waals surface area contributed by atoms with Gasteiger partial charge < -0.3 is 5.73 Å². The maximum Gasteiger partial charge on any atom is 0.0705 e. The van der Waals surface area contributed by atoms with Crippen LogP contribution in [0.1, 0.15) is 34.7 Å². The predicted octanol–water partition coefficient (Wildman–Crippen LogP) is 3.77. The summed E-state index contributed by atoms with van der Waals surface area (Å²) >= 11 is 0. The summed E-state index contributed by atoms with van der Waals surface area (Å²) in [6.07, 6.45) is 5.50. The molecular weight excluding hydrogens is 256 g/mol. The third kappa shape index (κ3) is 2.12. The SMILES string of the molecule is NC(c1ccc2c(c1)CCC2)c1cccc2ncccc12. The molecule has 0 saturated carbocycles. The molecule has 0 spiro atoms. The lowest BCUT2D eigenvalue weighted by molar-refractivity contribution is 0.875. The van der Waals surface area contributed by atoms with Crippen LogP contribution in [-0.2, 0) is 12.8 Å². The lowest BCUT2D eigenvalue weighted by atomic mass is 9.94. The molecule has 2 heteroatoms. The average Bonchev–Trinajstić information content (AvgIpc) is 3.01. The van der Waals surface area contributed by atoms with Gasteiger partial charge >= 0.3 is 0 Å². The smallest absolute Gasteiger partial charge is 0.0705 e. The Bertz CT molecular complexity index is 802. The number of aromatic nitrogens is 1. The van der Waals surface area contributed by atoms with Crippen LogP contribution < -0.4 is 5.73 Å².